The first kappa shape index (κ1) is 13.7. The van der Waals surface area contributed by atoms with Gasteiger partial charge in [-0.15, -0.1) is 5.10 Å². The van der Waals surface area contributed by atoms with Crippen molar-refractivity contribution in [1.29, 1.82) is 0 Å². The highest BCUT2D eigenvalue weighted by Crippen LogP contribution is 2.22. The molecule has 0 radical (unpaired) electrons. The molecule has 1 N–H and O–H groups in total. The van der Waals surface area contributed by atoms with Gasteiger partial charge in [0, 0.05) is 16.3 Å². The molecule has 6 nitrogen and oxygen atoms in total. The lowest BCUT2D eigenvalue weighted by molar-refractivity contribution is 0.578. The maximum atomic E-state index is 12.2. The molecule has 96 valence electrons. The van der Waals surface area contributed by atoms with Crippen molar-refractivity contribution in [2.75, 3.05) is 4.72 Å². The molecular formula is C9H8BrIN4O2S. The van der Waals surface area contributed by atoms with Gasteiger partial charge < -0.3 is 0 Å². The fourth-order valence-corrected chi connectivity index (χ4v) is 4.05. The van der Waals surface area contributed by atoms with Crippen molar-refractivity contribution < 1.29 is 8.42 Å². The van der Waals surface area contributed by atoms with E-state index in [1.807, 2.05) is 6.07 Å². The zero-order chi connectivity index (χ0) is 13.3. The highest BCUT2D eigenvalue weighted by molar-refractivity contribution is 14.1. The molecule has 18 heavy (non-hydrogen) atoms. The molecule has 1 aromatic heterocycles. The van der Waals surface area contributed by atoms with Crippen molar-refractivity contribution in [2.24, 2.45) is 7.05 Å². The van der Waals surface area contributed by atoms with Gasteiger partial charge in [-0.05, 0) is 56.7 Å². The van der Waals surface area contributed by atoms with Gasteiger partial charge in [0.15, 0.2) is 4.60 Å². The second kappa shape index (κ2) is 5.13. The van der Waals surface area contributed by atoms with E-state index in [0.717, 1.165) is 3.57 Å². The fourth-order valence-electron chi connectivity index (χ4n) is 1.36. The minimum absolute atomic E-state index is 0.0126. The first-order valence-electron chi connectivity index (χ1n) is 4.74. The van der Waals surface area contributed by atoms with Gasteiger partial charge in [-0.2, -0.15) is 8.42 Å². The predicted molar refractivity (Wildman–Crippen MR) is 78.7 cm³/mol. The van der Waals surface area contributed by atoms with Gasteiger partial charge in [-0.25, -0.2) is 4.68 Å². The van der Waals surface area contributed by atoms with Gasteiger partial charge in [0.25, 0.3) is 10.0 Å². The Hall–Kier alpha value is -0.680. The maximum absolute atomic E-state index is 12.2. The monoisotopic (exact) mass is 442 g/mol. The Labute approximate surface area is 126 Å². The number of hydrogen-bond acceptors (Lipinski definition) is 4. The molecule has 1 heterocycles. The normalized spacial score (nSPS) is 11.5. The van der Waals surface area contributed by atoms with Gasteiger partial charge in [0.1, 0.15) is 0 Å². The maximum Gasteiger partial charge on any atom is 0.281 e. The molecule has 2 rings (SSSR count). The quantitative estimate of drug-likeness (QED) is 0.737. The van der Waals surface area contributed by atoms with E-state index in [1.54, 1.807) is 18.2 Å². The average Bonchev–Trinajstić information content (AvgIpc) is 2.58. The Bertz CT molecular complexity index is 666. The molecule has 0 aliphatic heterocycles. The first-order chi connectivity index (χ1) is 8.40. The molecule has 0 spiro atoms. The number of hydrogen-bond donors (Lipinski definition) is 1. The molecule has 0 saturated carbocycles. The fraction of sp³-hybridized carbons (Fsp3) is 0.111. The van der Waals surface area contributed by atoms with Crippen LogP contribution in [0.25, 0.3) is 0 Å². The van der Waals surface area contributed by atoms with Crippen LogP contribution in [0.5, 0.6) is 0 Å². The van der Waals surface area contributed by atoms with E-state index in [-0.39, 0.29) is 9.63 Å². The van der Waals surface area contributed by atoms with Gasteiger partial charge in [0.2, 0.25) is 5.03 Å². The standard InChI is InChI=1S/C9H8BrIN4O2S/c1-15-9(8(10)12-14-15)18(16,17)13-7-4-2-3-6(11)5-7/h2-5,13H,1H3. The lowest BCUT2D eigenvalue weighted by atomic mass is 10.3. The van der Waals surface area contributed by atoms with E-state index < -0.39 is 10.0 Å². The topological polar surface area (TPSA) is 76.9 Å². The lowest BCUT2D eigenvalue weighted by Gasteiger charge is -2.08. The van der Waals surface area contributed by atoms with E-state index in [0.29, 0.717) is 5.69 Å². The predicted octanol–water partition coefficient (Wildman–Crippen LogP) is 1.98. The van der Waals surface area contributed by atoms with E-state index in [1.165, 1.54) is 11.7 Å². The van der Waals surface area contributed by atoms with E-state index in [4.69, 9.17) is 0 Å². The Morgan fingerprint density at radius 2 is 2.17 bits per heavy atom. The second-order valence-electron chi connectivity index (χ2n) is 3.42. The molecule has 9 heteroatoms. The zero-order valence-electron chi connectivity index (χ0n) is 9.13. The summed E-state index contributed by atoms with van der Waals surface area (Å²) < 4.78 is 29.1. The van der Waals surface area contributed by atoms with Gasteiger partial charge in [0.05, 0.1) is 0 Å². The van der Waals surface area contributed by atoms with Crippen LogP contribution in [-0.2, 0) is 17.1 Å². The highest BCUT2D eigenvalue weighted by atomic mass is 127. The Balaban J connectivity index is 2.39. The Morgan fingerprint density at radius 3 is 2.72 bits per heavy atom. The molecule has 0 bridgehead atoms. The summed E-state index contributed by atoms with van der Waals surface area (Å²) in [4.78, 5) is 0. The number of halogens is 2. The molecule has 0 unspecified atom stereocenters. The molecule has 0 amide bonds. The molecule has 0 saturated heterocycles. The van der Waals surface area contributed by atoms with Crippen molar-refractivity contribution in [2.45, 2.75) is 5.03 Å². The van der Waals surface area contributed by atoms with Crippen molar-refractivity contribution in [3.63, 3.8) is 0 Å². The van der Waals surface area contributed by atoms with Crippen molar-refractivity contribution >= 4 is 54.2 Å². The largest absolute Gasteiger partial charge is 0.281 e. The molecule has 0 atom stereocenters. The number of nitrogens with zero attached hydrogens (tertiary/aromatic N) is 3. The number of aromatic nitrogens is 3. The number of sulfonamides is 1. The summed E-state index contributed by atoms with van der Waals surface area (Å²) >= 11 is 5.18. The van der Waals surface area contributed by atoms with Crippen LogP contribution in [0.4, 0.5) is 5.69 Å². The molecule has 0 fully saturated rings. The van der Waals surface area contributed by atoms with Gasteiger partial charge in [-0.3, -0.25) is 4.72 Å². The molecule has 2 aromatic rings. The average molecular weight is 443 g/mol. The first-order valence-corrected chi connectivity index (χ1v) is 8.09. The SMILES string of the molecule is Cn1nnc(Br)c1S(=O)(=O)Nc1cccc(I)c1. The van der Waals surface area contributed by atoms with Crippen LogP contribution in [0, 0.1) is 3.57 Å². The van der Waals surface area contributed by atoms with Crippen molar-refractivity contribution in [3.8, 4) is 0 Å². The third kappa shape index (κ3) is 2.83. The van der Waals surface area contributed by atoms with Crippen LogP contribution in [0.2, 0.25) is 0 Å². The second-order valence-corrected chi connectivity index (χ2v) is 7.02. The molecular weight excluding hydrogens is 435 g/mol. The lowest BCUT2D eigenvalue weighted by Crippen LogP contribution is -2.17. The Kier molecular flexibility index (Phi) is 3.92. The molecule has 1 aromatic carbocycles. The van der Waals surface area contributed by atoms with Gasteiger partial charge in [-0.1, -0.05) is 11.3 Å². The third-order valence-electron chi connectivity index (χ3n) is 2.07. The summed E-state index contributed by atoms with van der Waals surface area (Å²) in [7, 11) is -2.20. The minimum Gasteiger partial charge on any atom is -0.278 e. The highest BCUT2D eigenvalue weighted by Gasteiger charge is 2.23. The summed E-state index contributed by atoms with van der Waals surface area (Å²) in [6.07, 6.45) is 0. The third-order valence-corrected chi connectivity index (χ3v) is 5.01. The molecule has 0 aliphatic rings. The van der Waals surface area contributed by atoms with E-state index in [2.05, 4.69) is 53.6 Å². The number of anilines is 1. The van der Waals surface area contributed by atoms with Gasteiger partial charge >= 0.3 is 0 Å². The Morgan fingerprint density at radius 1 is 1.44 bits per heavy atom. The summed E-state index contributed by atoms with van der Waals surface area (Å²) in [6, 6.07) is 7.06. The van der Waals surface area contributed by atoms with Crippen LogP contribution in [0.15, 0.2) is 33.9 Å². The van der Waals surface area contributed by atoms with Crippen LogP contribution < -0.4 is 4.72 Å². The summed E-state index contributed by atoms with van der Waals surface area (Å²) in [5, 5.41) is 7.28. The number of aryl methyl sites for hydroxylation is 1. The summed E-state index contributed by atoms with van der Waals surface area (Å²) in [5.41, 5.74) is 0.495. The number of nitrogens with one attached hydrogen (secondary N) is 1. The number of rotatable bonds is 3. The van der Waals surface area contributed by atoms with Crippen molar-refractivity contribution in [1.82, 2.24) is 15.0 Å². The van der Waals surface area contributed by atoms with E-state index >= 15 is 0 Å². The van der Waals surface area contributed by atoms with E-state index in [9.17, 15) is 8.42 Å². The van der Waals surface area contributed by atoms with Crippen LogP contribution in [0.1, 0.15) is 0 Å². The molecule has 0 aliphatic carbocycles. The minimum atomic E-state index is -3.71. The van der Waals surface area contributed by atoms with Crippen LogP contribution in [-0.4, -0.2) is 23.4 Å². The zero-order valence-corrected chi connectivity index (χ0v) is 13.7. The summed E-state index contributed by atoms with van der Waals surface area (Å²) in [6.45, 7) is 0. The van der Waals surface area contributed by atoms with Crippen molar-refractivity contribution in [3.05, 3.63) is 32.4 Å². The van der Waals surface area contributed by atoms with Crippen LogP contribution >= 0.6 is 38.5 Å². The summed E-state index contributed by atoms with van der Waals surface area (Å²) in [5.74, 6) is 0. The number of benzene rings is 1. The smallest absolute Gasteiger partial charge is 0.278 e. The van der Waals surface area contributed by atoms with Crippen LogP contribution in [0.3, 0.4) is 0 Å².